The molecule has 4 aliphatic rings. The maximum absolute atomic E-state index is 12.5. The zero-order valence-electron chi connectivity index (χ0n) is 22.2. The minimum absolute atomic E-state index is 0.0364. The Labute approximate surface area is 234 Å². The minimum Gasteiger partial charge on any atom is -0.462 e. The van der Waals surface area contributed by atoms with Gasteiger partial charge in [0.2, 0.25) is 0 Å². The summed E-state index contributed by atoms with van der Waals surface area (Å²) >= 11 is 12.7. The Morgan fingerprint density at radius 2 is 1.87 bits per heavy atom. The van der Waals surface area contributed by atoms with Crippen LogP contribution in [0, 0.1) is 39.9 Å². The Balaban J connectivity index is 1.56. The van der Waals surface area contributed by atoms with Crippen molar-refractivity contribution in [3.63, 3.8) is 0 Å². The van der Waals surface area contributed by atoms with Gasteiger partial charge in [0.15, 0.2) is 0 Å². The van der Waals surface area contributed by atoms with Gasteiger partial charge in [0.05, 0.1) is 0 Å². The van der Waals surface area contributed by atoms with Crippen LogP contribution in [-0.2, 0) is 14.3 Å². The number of ether oxygens (including phenoxy) is 1. The molecule has 0 saturated heterocycles. The lowest BCUT2D eigenvalue weighted by atomic mass is 9.47. The first-order valence-corrected chi connectivity index (χ1v) is 14.2. The van der Waals surface area contributed by atoms with E-state index in [4.69, 9.17) is 33.7 Å². The number of hydrogen-bond acceptors (Lipinski definition) is 4. The number of allylic oxidation sites excluding steroid dienone is 3. The van der Waals surface area contributed by atoms with Gasteiger partial charge in [0.1, 0.15) is 17.7 Å². The van der Waals surface area contributed by atoms with E-state index in [0.717, 1.165) is 61.7 Å². The van der Waals surface area contributed by atoms with Gasteiger partial charge in [-0.05, 0) is 102 Å². The van der Waals surface area contributed by atoms with Crippen molar-refractivity contribution in [3.8, 4) is 6.07 Å². The molecule has 0 unspecified atom stereocenters. The van der Waals surface area contributed by atoms with E-state index in [1.54, 1.807) is 12.1 Å². The number of carbonyl (C=O) groups is 2. The largest absolute Gasteiger partial charge is 0.462 e. The summed E-state index contributed by atoms with van der Waals surface area (Å²) in [5, 5.41) is 11.1. The van der Waals surface area contributed by atoms with Gasteiger partial charge in [-0.1, -0.05) is 54.8 Å². The van der Waals surface area contributed by atoms with Gasteiger partial charge < -0.3 is 10.5 Å². The van der Waals surface area contributed by atoms with Crippen LogP contribution in [-0.4, -0.2) is 18.0 Å². The number of nitrogens with two attached hydrogens (primary N) is 1. The van der Waals surface area contributed by atoms with Gasteiger partial charge in [-0.3, -0.25) is 9.59 Å². The maximum Gasteiger partial charge on any atom is 0.302 e. The lowest BCUT2D eigenvalue weighted by Crippen LogP contribution is -2.50. The van der Waals surface area contributed by atoms with Crippen molar-refractivity contribution < 1.29 is 14.3 Å². The van der Waals surface area contributed by atoms with Crippen molar-refractivity contribution in [2.45, 2.75) is 71.8 Å². The molecular weight excluding hydrogens is 519 g/mol. The van der Waals surface area contributed by atoms with Gasteiger partial charge in [0.25, 0.3) is 5.91 Å². The number of halogens is 2. The molecule has 1 amide bonds. The van der Waals surface area contributed by atoms with Crippen molar-refractivity contribution in [2.24, 2.45) is 34.3 Å². The number of carbonyl (C=O) groups excluding carboxylic acids is 2. The maximum atomic E-state index is 12.5. The first kappa shape index (κ1) is 27.0. The van der Waals surface area contributed by atoms with Crippen LogP contribution < -0.4 is 5.73 Å². The normalized spacial score (nSPS) is 36.3. The summed E-state index contributed by atoms with van der Waals surface area (Å²) in [5.74, 6) is 0.299. The Morgan fingerprint density at radius 3 is 2.53 bits per heavy atom. The van der Waals surface area contributed by atoms with Crippen LogP contribution in [0.15, 0.2) is 46.6 Å². The average molecular weight is 554 g/mol. The molecule has 200 valence electrons. The number of esters is 1. The van der Waals surface area contributed by atoms with Crippen LogP contribution in [0.3, 0.4) is 0 Å². The topological polar surface area (TPSA) is 93.2 Å². The average Bonchev–Trinajstić information content (AvgIpc) is 3.13. The third-order valence-corrected chi connectivity index (χ3v) is 10.6. The molecule has 0 aromatic heterocycles. The Morgan fingerprint density at radius 1 is 1.13 bits per heavy atom. The number of nitrogens with zero attached hydrogens (tertiary/aromatic N) is 1. The number of benzene rings is 1. The van der Waals surface area contributed by atoms with Crippen LogP contribution in [0.4, 0.5) is 0 Å². The van der Waals surface area contributed by atoms with E-state index >= 15 is 0 Å². The highest BCUT2D eigenvalue weighted by Gasteiger charge is 2.59. The fourth-order valence-corrected chi connectivity index (χ4v) is 8.76. The molecule has 3 saturated carbocycles. The first-order chi connectivity index (χ1) is 18.0. The molecule has 0 bridgehead atoms. The van der Waals surface area contributed by atoms with E-state index in [1.807, 2.05) is 12.1 Å². The highest BCUT2D eigenvalue weighted by Crippen LogP contribution is 2.67. The van der Waals surface area contributed by atoms with Gasteiger partial charge in [0, 0.05) is 23.4 Å². The highest BCUT2D eigenvalue weighted by molar-refractivity contribution is 6.35. The van der Waals surface area contributed by atoms with Gasteiger partial charge >= 0.3 is 5.97 Å². The third-order valence-electron chi connectivity index (χ3n) is 10.0. The zero-order valence-corrected chi connectivity index (χ0v) is 23.7. The number of rotatable bonds is 3. The van der Waals surface area contributed by atoms with E-state index in [9.17, 15) is 14.9 Å². The fraction of sp³-hybridized carbons (Fsp3) is 0.516. The van der Waals surface area contributed by atoms with E-state index in [0.29, 0.717) is 21.9 Å². The van der Waals surface area contributed by atoms with Crippen LogP contribution in [0.5, 0.6) is 0 Å². The molecule has 38 heavy (non-hydrogen) atoms. The van der Waals surface area contributed by atoms with Crippen LogP contribution in [0.1, 0.15) is 71.3 Å². The minimum atomic E-state index is -0.679. The first-order valence-electron chi connectivity index (χ1n) is 13.5. The summed E-state index contributed by atoms with van der Waals surface area (Å²) in [6.07, 6.45) is 10.7. The molecule has 0 spiro atoms. The summed E-state index contributed by atoms with van der Waals surface area (Å²) in [6.45, 7) is 6.09. The smallest absolute Gasteiger partial charge is 0.302 e. The van der Waals surface area contributed by atoms with E-state index < -0.39 is 5.91 Å². The zero-order chi connectivity index (χ0) is 27.4. The van der Waals surface area contributed by atoms with Crippen molar-refractivity contribution in [1.82, 2.24) is 0 Å². The summed E-state index contributed by atoms with van der Waals surface area (Å²) in [6, 6.07) is 7.52. The molecule has 5 nitrogen and oxygen atoms in total. The second-order valence-corrected chi connectivity index (χ2v) is 12.8. The van der Waals surface area contributed by atoms with Crippen LogP contribution in [0.2, 0.25) is 10.0 Å². The highest BCUT2D eigenvalue weighted by atomic mass is 35.5. The summed E-state index contributed by atoms with van der Waals surface area (Å²) in [7, 11) is 0. The molecule has 5 rings (SSSR count). The third kappa shape index (κ3) is 4.40. The fourth-order valence-electron chi connectivity index (χ4n) is 8.29. The molecule has 2 N–H and O–H groups in total. The molecule has 0 aliphatic heterocycles. The predicted octanol–water partition coefficient (Wildman–Crippen LogP) is 7.19. The quantitative estimate of drug-likeness (QED) is 0.186. The predicted molar refractivity (Wildman–Crippen MR) is 149 cm³/mol. The molecule has 3 fully saturated rings. The van der Waals surface area contributed by atoms with Gasteiger partial charge in [-0.15, -0.1) is 0 Å². The second-order valence-electron chi connectivity index (χ2n) is 12.0. The van der Waals surface area contributed by atoms with Crippen molar-refractivity contribution in [3.05, 3.63) is 62.2 Å². The number of nitriles is 1. The Hall–Kier alpha value is -2.55. The van der Waals surface area contributed by atoms with Crippen LogP contribution >= 0.6 is 23.2 Å². The second kappa shape index (κ2) is 9.88. The number of fused-ring (bicyclic) bond motifs is 5. The Kier molecular flexibility index (Phi) is 7.03. The van der Waals surface area contributed by atoms with E-state index in [1.165, 1.54) is 12.5 Å². The monoisotopic (exact) mass is 552 g/mol. The molecule has 6 atom stereocenters. The summed E-state index contributed by atoms with van der Waals surface area (Å²) in [5.41, 5.74) is 9.56. The van der Waals surface area contributed by atoms with Gasteiger partial charge in [-0.25, -0.2) is 0 Å². The standard InChI is InChI=1S/C31H34Cl2N2O3/c1-17(36)38-22-8-10-30(2)20(14-22)5-7-23-25(30)9-11-31(3)26(23)13-19(28(31)24(16-34)29(35)37)12-18-4-6-21(32)15-27(18)33/h4-6,12,15,22-23,25-26H,7-11,13-14H2,1-3H3,(H2,35,37)/b19-12+,28-24+/t22-,23+,25-,26-,30-,31-/m0/s1. The van der Waals surface area contributed by atoms with E-state index in [2.05, 4.69) is 26.0 Å². The van der Waals surface area contributed by atoms with Gasteiger partial charge in [-0.2, -0.15) is 5.26 Å². The number of hydrogen-bond donors (Lipinski definition) is 1. The molecule has 1 aromatic carbocycles. The van der Waals surface area contributed by atoms with Crippen molar-refractivity contribution >= 4 is 41.2 Å². The summed E-state index contributed by atoms with van der Waals surface area (Å²) < 4.78 is 5.58. The van der Waals surface area contributed by atoms with E-state index in [-0.39, 0.29) is 34.4 Å². The molecule has 4 aliphatic carbocycles. The summed E-state index contributed by atoms with van der Waals surface area (Å²) in [4.78, 5) is 24.1. The lowest BCUT2D eigenvalue weighted by molar-refractivity contribution is -0.148. The molecule has 1 aromatic rings. The molecule has 7 heteroatoms. The number of amides is 1. The Bertz CT molecular complexity index is 1340. The number of primary amides is 1. The van der Waals surface area contributed by atoms with Crippen molar-refractivity contribution in [1.29, 1.82) is 5.26 Å². The van der Waals surface area contributed by atoms with Crippen molar-refractivity contribution in [2.75, 3.05) is 0 Å². The molecular formula is C31H34Cl2N2O3. The molecule has 0 heterocycles. The lowest BCUT2D eigenvalue weighted by Gasteiger charge is -2.57. The van der Waals surface area contributed by atoms with Crippen LogP contribution in [0.25, 0.3) is 6.08 Å². The molecule has 0 radical (unpaired) electrons. The SMILES string of the molecule is CC(=O)O[C@H]1CC[C@@]2(C)C(=CC[C@@H]3[C@@H]2CC[C@]2(C)C(=C(\C#N)C(N)=O)/C(=C/c4ccc(Cl)cc4Cl)C[C@@H]32)C1.